The van der Waals surface area contributed by atoms with Crippen LogP contribution in [0.25, 0.3) is 0 Å². The molecule has 2 heteroatoms. The fourth-order valence-corrected chi connectivity index (χ4v) is 0.996. The van der Waals surface area contributed by atoms with Gasteiger partial charge in [0, 0.05) is 2.85 Å². The molecule has 4 N–H and O–H groups in total. The van der Waals surface area contributed by atoms with E-state index in [9.17, 15) is 0 Å². The fourth-order valence-electron chi connectivity index (χ4n) is 0.996. The summed E-state index contributed by atoms with van der Waals surface area (Å²) in [6.45, 7) is 1.69. The van der Waals surface area contributed by atoms with Crippen LogP contribution in [0.15, 0.2) is 0 Å². The van der Waals surface area contributed by atoms with Gasteiger partial charge >= 0.3 is 0 Å². The third-order valence-corrected chi connectivity index (χ3v) is 1.66. The lowest BCUT2D eigenvalue weighted by molar-refractivity contribution is 0.601. The molecule has 0 atom stereocenters. The second-order valence-corrected chi connectivity index (χ2v) is 2.70. The van der Waals surface area contributed by atoms with Crippen molar-refractivity contribution in [1.82, 2.24) is 0 Å². The number of nitrogens with two attached hydrogens (primary N) is 2. The van der Waals surface area contributed by atoms with E-state index in [4.69, 9.17) is 11.5 Å². The maximum atomic E-state index is 5.35. The van der Waals surface area contributed by atoms with Gasteiger partial charge in [0.05, 0.1) is 0 Å². The molecule has 0 fully saturated rings. The summed E-state index contributed by atoms with van der Waals surface area (Å²) in [5.74, 6) is 0. The Morgan fingerprint density at radius 3 is 1.20 bits per heavy atom. The van der Waals surface area contributed by atoms with Crippen LogP contribution in [0.1, 0.15) is 41.4 Å². The molecule has 0 amide bonds. The molecule has 0 aliphatic heterocycles. The molecule has 0 aliphatic carbocycles. The van der Waals surface area contributed by atoms with E-state index in [0.717, 1.165) is 13.1 Å². The number of rotatable bonds is 7. The molecule has 0 aliphatic rings. The minimum absolute atomic E-state index is 0. The Balaban J connectivity index is -0.000000405. The van der Waals surface area contributed by atoms with Gasteiger partial charge in [0.25, 0.3) is 0 Å². The van der Waals surface area contributed by atoms with Gasteiger partial charge in [-0.05, 0) is 25.9 Å². The maximum absolute atomic E-state index is 5.35. The second kappa shape index (κ2) is 8.92. The van der Waals surface area contributed by atoms with E-state index in [1.165, 1.54) is 38.5 Å². The predicted octanol–water partition coefficient (Wildman–Crippen LogP) is 1.74. The molecule has 0 unspecified atom stereocenters. The van der Waals surface area contributed by atoms with Gasteiger partial charge in [0.15, 0.2) is 0 Å². The van der Waals surface area contributed by atoms with Gasteiger partial charge in [-0.3, -0.25) is 0 Å². The van der Waals surface area contributed by atoms with Gasteiger partial charge in [-0.15, -0.1) is 0 Å². The average Bonchev–Trinajstić information content (AvgIpc) is 1.97. The summed E-state index contributed by atoms with van der Waals surface area (Å²) >= 11 is 0. The van der Waals surface area contributed by atoms with Gasteiger partial charge in [-0.25, -0.2) is 0 Å². The van der Waals surface area contributed by atoms with Crippen LogP contribution in [0.3, 0.4) is 0 Å². The molecule has 0 radical (unpaired) electrons. The van der Waals surface area contributed by atoms with Crippen LogP contribution in [-0.2, 0) is 0 Å². The van der Waals surface area contributed by atoms with Crippen LogP contribution >= 0.6 is 0 Å². The predicted molar refractivity (Wildman–Crippen MR) is 50.0 cm³/mol. The zero-order chi connectivity index (χ0) is 7.66. The molecule has 0 aromatic heterocycles. The van der Waals surface area contributed by atoms with E-state index in [2.05, 4.69) is 0 Å². The molecular formula is C8H24N2. The summed E-state index contributed by atoms with van der Waals surface area (Å²) in [6, 6.07) is 0. The fraction of sp³-hybridized carbons (Fsp3) is 1.00. The van der Waals surface area contributed by atoms with E-state index >= 15 is 0 Å². The summed E-state index contributed by atoms with van der Waals surface area (Å²) in [6.07, 6.45) is 7.61. The zero-order valence-corrected chi connectivity index (χ0v) is 6.81. The largest absolute Gasteiger partial charge is 0.330 e. The summed E-state index contributed by atoms with van der Waals surface area (Å²) in [7, 11) is 0. The molecule has 0 saturated heterocycles. The zero-order valence-electron chi connectivity index (χ0n) is 6.81. The highest BCUT2D eigenvalue weighted by Gasteiger charge is 1.87. The SMILES string of the molecule is NCCCCCCCCN.[HH].[HH]. The van der Waals surface area contributed by atoms with E-state index in [1.807, 2.05) is 0 Å². The lowest BCUT2D eigenvalue weighted by atomic mass is 10.1. The standard InChI is InChI=1S/C8H20N2.2H2/c9-7-5-3-1-2-4-6-8-10;;/h1-10H2;2*1H. The smallest absolute Gasteiger partial charge is 0 e. The van der Waals surface area contributed by atoms with E-state index in [-0.39, 0.29) is 2.85 Å². The molecule has 2 nitrogen and oxygen atoms in total. The summed E-state index contributed by atoms with van der Waals surface area (Å²) in [4.78, 5) is 0. The monoisotopic (exact) mass is 148 g/mol. The highest BCUT2D eigenvalue weighted by Crippen LogP contribution is 2.03. The van der Waals surface area contributed by atoms with E-state index in [1.54, 1.807) is 0 Å². The van der Waals surface area contributed by atoms with E-state index in [0.29, 0.717) is 0 Å². The van der Waals surface area contributed by atoms with Crippen LogP contribution in [-0.4, -0.2) is 13.1 Å². The van der Waals surface area contributed by atoms with Crippen LogP contribution in [0.5, 0.6) is 0 Å². The van der Waals surface area contributed by atoms with Crippen molar-refractivity contribution in [2.24, 2.45) is 11.5 Å². The van der Waals surface area contributed by atoms with Crippen molar-refractivity contribution in [3.8, 4) is 0 Å². The van der Waals surface area contributed by atoms with Crippen molar-refractivity contribution >= 4 is 0 Å². The third-order valence-electron chi connectivity index (χ3n) is 1.66. The first kappa shape index (κ1) is 9.92. The van der Waals surface area contributed by atoms with Crippen molar-refractivity contribution in [2.75, 3.05) is 13.1 Å². The van der Waals surface area contributed by atoms with Crippen molar-refractivity contribution in [1.29, 1.82) is 0 Å². The van der Waals surface area contributed by atoms with Crippen LogP contribution in [0.4, 0.5) is 0 Å². The number of hydrogen-bond donors (Lipinski definition) is 2. The van der Waals surface area contributed by atoms with Gasteiger partial charge in [-0.1, -0.05) is 25.7 Å². The van der Waals surface area contributed by atoms with Gasteiger partial charge < -0.3 is 11.5 Å². The quantitative estimate of drug-likeness (QED) is 0.540. The Morgan fingerprint density at radius 1 is 0.600 bits per heavy atom. The molecule has 0 saturated carbocycles. The van der Waals surface area contributed by atoms with Crippen molar-refractivity contribution in [3.05, 3.63) is 0 Å². The van der Waals surface area contributed by atoms with Crippen molar-refractivity contribution in [2.45, 2.75) is 38.5 Å². The highest BCUT2D eigenvalue weighted by molar-refractivity contribution is 4.45. The maximum Gasteiger partial charge on any atom is 0 e. The minimum atomic E-state index is 0. The van der Waals surface area contributed by atoms with Crippen LogP contribution in [0, 0.1) is 0 Å². The minimum Gasteiger partial charge on any atom is -0.330 e. The third kappa shape index (κ3) is 7.92. The molecular weight excluding hydrogens is 124 g/mol. The van der Waals surface area contributed by atoms with Gasteiger partial charge in [0.2, 0.25) is 0 Å². The summed E-state index contributed by atoms with van der Waals surface area (Å²) < 4.78 is 0. The second-order valence-electron chi connectivity index (χ2n) is 2.70. The Hall–Kier alpha value is -0.0800. The number of unbranched alkanes of at least 4 members (excludes halogenated alkanes) is 5. The first-order valence-corrected chi connectivity index (χ1v) is 4.32. The first-order chi connectivity index (χ1) is 4.91. The average molecular weight is 148 g/mol. The molecule has 0 heterocycles. The van der Waals surface area contributed by atoms with Gasteiger partial charge in [0.1, 0.15) is 0 Å². The normalized spacial score (nSPS) is 10.2. The Labute approximate surface area is 66.9 Å². The summed E-state index contributed by atoms with van der Waals surface area (Å²) in [5.41, 5.74) is 10.7. The van der Waals surface area contributed by atoms with Crippen LogP contribution < -0.4 is 11.5 Å². The molecule has 0 spiro atoms. The molecule has 66 valence electrons. The molecule has 0 aromatic carbocycles. The number of hydrogen-bond acceptors (Lipinski definition) is 2. The Kier molecular flexibility index (Phi) is 8.85. The van der Waals surface area contributed by atoms with Crippen LogP contribution in [0.2, 0.25) is 0 Å². The van der Waals surface area contributed by atoms with Crippen molar-refractivity contribution < 1.29 is 2.85 Å². The highest BCUT2D eigenvalue weighted by atomic mass is 14.5. The lowest BCUT2D eigenvalue weighted by Gasteiger charge is -1.97. The Bertz CT molecular complexity index is 55.0. The topological polar surface area (TPSA) is 52.0 Å². The van der Waals surface area contributed by atoms with E-state index < -0.39 is 0 Å². The molecule has 10 heavy (non-hydrogen) atoms. The summed E-state index contributed by atoms with van der Waals surface area (Å²) in [5, 5.41) is 0. The molecule has 0 bridgehead atoms. The first-order valence-electron chi connectivity index (χ1n) is 4.32. The molecule has 0 aromatic rings. The van der Waals surface area contributed by atoms with Gasteiger partial charge in [-0.2, -0.15) is 0 Å². The molecule has 0 rings (SSSR count). The van der Waals surface area contributed by atoms with Crippen molar-refractivity contribution in [3.63, 3.8) is 0 Å². The Morgan fingerprint density at radius 2 is 0.900 bits per heavy atom. The lowest BCUT2D eigenvalue weighted by Crippen LogP contribution is -1.99.